The number of aromatic amines is 1. The molecule has 0 aliphatic carbocycles. The van der Waals surface area contributed by atoms with Gasteiger partial charge >= 0.3 is 0 Å². The number of rotatable bonds is 0. The fourth-order valence-corrected chi connectivity index (χ4v) is 2.66. The molecule has 4 heteroatoms. The van der Waals surface area contributed by atoms with E-state index in [0.717, 1.165) is 39.6 Å². The monoisotopic (exact) mass is 278 g/mol. The van der Waals surface area contributed by atoms with Crippen molar-refractivity contribution in [2.24, 2.45) is 0 Å². The lowest BCUT2D eigenvalue weighted by Gasteiger charge is -2.17. The average molecular weight is 279 g/mol. The molecule has 0 bridgehead atoms. The van der Waals surface area contributed by atoms with Crippen LogP contribution < -0.4 is 10.7 Å². The third-order valence-corrected chi connectivity index (χ3v) is 3.69. The first-order valence-corrected chi connectivity index (χ1v) is 6.09. The largest absolute Gasteiger partial charge is 0.357 e. The second-order valence-electron chi connectivity index (χ2n) is 4.00. The summed E-state index contributed by atoms with van der Waals surface area (Å²) in [5.41, 5.74) is 3.02. The van der Waals surface area contributed by atoms with Gasteiger partial charge in [-0.1, -0.05) is 6.07 Å². The summed E-state index contributed by atoms with van der Waals surface area (Å²) < 4.78 is 0.948. The van der Waals surface area contributed by atoms with E-state index in [1.165, 1.54) is 0 Å². The highest BCUT2D eigenvalue weighted by atomic mass is 79.9. The fraction of sp³-hybridized carbons (Fsp3) is 0.250. The number of nitrogens with one attached hydrogen (secondary N) is 2. The van der Waals surface area contributed by atoms with Gasteiger partial charge in [-0.25, -0.2) is 0 Å². The molecule has 16 heavy (non-hydrogen) atoms. The topological polar surface area (TPSA) is 44.9 Å². The number of pyridine rings is 1. The molecule has 2 N–H and O–H groups in total. The standard InChI is InChI=1S/C12H11BrN2O/c13-9-3-1-2-7-11(9)15-10-4-5-14-6-8(10)12(7)16/h1-3,14H,4-6H2,(H,15,16). The zero-order valence-electron chi connectivity index (χ0n) is 8.64. The molecule has 3 nitrogen and oxygen atoms in total. The van der Waals surface area contributed by atoms with Crippen LogP contribution in [0.25, 0.3) is 10.9 Å². The summed E-state index contributed by atoms with van der Waals surface area (Å²) in [4.78, 5) is 15.6. The molecule has 82 valence electrons. The van der Waals surface area contributed by atoms with E-state index >= 15 is 0 Å². The van der Waals surface area contributed by atoms with Gasteiger partial charge in [-0.05, 0) is 28.1 Å². The van der Waals surface area contributed by atoms with E-state index in [-0.39, 0.29) is 5.43 Å². The minimum Gasteiger partial charge on any atom is -0.357 e. The van der Waals surface area contributed by atoms with Crippen LogP contribution in [-0.4, -0.2) is 11.5 Å². The van der Waals surface area contributed by atoms with Crippen LogP contribution in [-0.2, 0) is 13.0 Å². The molecule has 2 heterocycles. The minimum atomic E-state index is 0.150. The number of halogens is 1. The number of hydrogen-bond acceptors (Lipinski definition) is 2. The summed E-state index contributed by atoms with van der Waals surface area (Å²) in [5, 5.41) is 3.99. The summed E-state index contributed by atoms with van der Waals surface area (Å²) in [6, 6.07) is 5.71. The summed E-state index contributed by atoms with van der Waals surface area (Å²) in [7, 11) is 0. The van der Waals surface area contributed by atoms with Crippen molar-refractivity contribution < 1.29 is 0 Å². The van der Waals surface area contributed by atoms with Gasteiger partial charge in [0.1, 0.15) is 0 Å². The van der Waals surface area contributed by atoms with Crippen LogP contribution in [0.5, 0.6) is 0 Å². The van der Waals surface area contributed by atoms with Crippen molar-refractivity contribution in [3.63, 3.8) is 0 Å². The van der Waals surface area contributed by atoms with Crippen LogP contribution >= 0.6 is 15.9 Å². The van der Waals surface area contributed by atoms with E-state index in [0.29, 0.717) is 6.54 Å². The zero-order valence-corrected chi connectivity index (χ0v) is 10.2. The fourth-order valence-electron chi connectivity index (χ4n) is 2.19. The molecule has 1 aromatic carbocycles. The Morgan fingerprint density at radius 2 is 2.19 bits per heavy atom. The van der Waals surface area contributed by atoms with E-state index in [2.05, 4.69) is 26.2 Å². The molecule has 1 aliphatic rings. The molecule has 0 fully saturated rings. The number of aromatic nitrogens is 1. The van der Waals surface area contributed by atoms with Crippen molar-refractivity contribution in [1.82, 2.24) is 10.3 Å². The highest BCUT2D eigenvalue weighted by Crippen LogP contribution is 2.21. The van der Waals surface area contributed by atoms with Crippen LogP contribution in [0.15, 0.2) is 27.5 Å². The van der Waals surface area contributed by atoms with Gasteiger partial charge in [0.05, 0.1) is 5.52 Å². The molecule has 0 unspecified atom stereocenters. The predicted octanol–water partition coefficient (Wildman–Crippen LogP) is 1.94. The summed E-state index contributed by atoms with van der Waals surface area (Å²) >= 11 is 3.47. The smallest absolute Gasteiger partial charge is 0.194 e. The molecule has 0 atom stereocenters. The SMILES string of the molecule is O=c1c2c([nH]c3c(Br)cccc13)CCNC2. The van der Waals surface area contributed by atoms with Crippen LogP contribution in [0.1, 0.15) is 11.3 Å². The second-order valence-corrected chi connectivity index (χ2v) is 4.85. The predicted molar refractivity (Wildman–Crippen MR) is 67.7 cm³/mol. The Morgan fingerprint density at radius 3 is 3.06 bits per heavy atom. The van der Waals surface area contributed by atoms with Gasteiger partial charge in [0.2, 0.25) is 0 Å². The lowest BCUT2D eigenvalue weighted by Crippen LogP contribution is -2.30. The number of para-hydroxylation sites is 1. The van der Waals surface area contributed by atoms with E-state index in [1.54, 1.807) is 0 Å². The molecule has 2 aromatic rings. The maximum atomic E-state index is 12.2. The molecule has 1 aromatic heterocycles. The van der Waals surface area contributed by atoms with Crippen LogP contribution in [0.2, 0.25) is 0 Å². The molecule has 0 radical (unpaired) electrons. The Morgan fingerprint density at radius 1 is 1.31 bits per heavy atom. The number of H-pyrrole nitrogens is 1. The van der Waals surface area contributed by atoms with Crippen LogP contribution in [0.4, 0.5) is 0 Å². The zero-order chi connectivity index (χ0) is 11.1. The lowest BCUT2D eigenvalue weighted by molar-refractivity contribution is 0.629. The summed E-state index contributed by atoms with van der Waals surface area (Å²) in [6.45, 7) is 1.60. The van der Waals surface area contributed by atoms with Crippen molar-refractivity contribution in [3.05, 3.63) is 44.2 Å². The number of benzene rings is 1. The van der Waals surface area contributed by atoms with Crippen molar-refractivity contribution in [2.45, 2.75) is 13.0 Å². The van der Waals surface area contributed by atoms with Crippen molar-refractivity contribution in [2.75, 3.05) is 6.54 Å². The summed E-state index contributed by atoms with van der Waals surface area (Å²) in [5.74, 6) is 0. The van der Waals surface area contributed by atoms with Gasteiger partial charge in [0, 0.05) is 40.6 Å². The van der Waals surface area contributed by atoms with E-state index in [9.17, 15) is 4.79 Å². The van der Waals surface area contributed by atoms with E-state index < -0.39 is 0 Å². The summed E-state index contributed by atoms with van der Waals surface area (Å²) in [6.07, 6.45) is 0.891. The minimum absolute atomic E-state index is 0.150. The number of hydrogen-bond donors (Lipinski definition) is 2. The first-order chi connectivity index (χ1) is 7.77. The maximum Gasteiger partial charge on any atom is 0.194 e. The number of fused-ring (bicyclic) bond motifs is 2. The highest BCUT2D eigenvalue weighted by molar-refractivity contribution is 9.10. The van der Waals surface area contributed by atoms with Gasteiger partial charge < -0.3 is 10.3 Å². The first kappa shape index (κ1) is 10.1. The van der Waals surface area contributed by atoms with Crippen LogP contribution in [0.3, 0.4) is 0 Å². The third kappa shape index (κ3) is 1.41. The van der Waals surface area contributed by atoms with Gasteiger partial charge in [-0.15, -0.1) is 0 Å². The molecular formula is C12H11BrN2O. The maximum absolute atomic E-state index is 12.2. The molecule has 0 saturated heterocycles. The van der Waals surface area contributed by atoms with Crippen molar-refractivity contribution in [1.29, 1.82) is 0 Å². The van der Waals surface area contributed by atoms with Crippen molar-refractivity contribution >= 4 is 26.8 Å². The second kappa shape index (κ2) is 3.71. The van der Waals surface area contributed by atoms with E-state index in [4.69, 9.17) is 0 Å². The van der Waals surface area contributed by atoms with E-state index in [1.807, 2.05) is 18.2 Å². The molecule has 0 amide bonds. The Hall–Kier alpha value is -1.13. The molecule has 0 saturated carbocycles. The Bertz CT molecular complexity index is 618. The molecule has 0 spiro atoms. The molecule has 1 aliphatic heterocycles. The van der Waals surface area contributed by atoms with Gasteiger partial charge in [0.15, 0.2) is 5.43 Å². The molecule has 3 rings (SSSR count). The van der Waals surface area contributed by atoms with Gasteiger partial charge in [-0.2, -0.15) is 0 Å². The third-order valence-electron chi connectivity index (χ3n) is 3.03. The normalized spacial score (nSPS) is 15.1. The Kier molecular flexibility index (Phi) is 2.33. The lowest BCUT2D eigenvalue weighted by atomic mass is 10.0. The quantitative estimate of drug-likeness (QED) is 0.774. The average Bonchev–Trinajstić information content (AvgIpc) is 2.31. The van der Waals surface area contributed by atoms with Gasteiger partial charge in [-0.3, -0.25) is 4.79 Å². The highest BCUT2D eigenvalue weighted by Gasteiger charge is 2.15. The first-order valence-electron chi connectivity index (χ1n) is 5.30. The Labute approximate surface area is 101 Å². The molecular weight excluding hydrogens is 268 g/mol. The Balaban J connectivity index is 2.44. The van der Waals surface area contributed by atoms with Crippen molar-refractivity contribution in [3.8, 4) is 0 Å². The van der Waals surface area contributed by atoms with Gasteiger partial charge in [0.25, 0.3) is 0 Å². The van der Waals surface area contributed by atoms with Crippen LogP contribution in [0, 0.1) is 0 Å².